The van der Waals surface area contributed by atoms with E-state index in [2.05, 4.69) is 5.32 Å². The van der Waals surface area contributed by atoms with Crippen molar-refractivity contribution in [3.63, 3.8) is 0 Å². The molecule has 1 aromatic heterocycles. The van der Waals surface area contributed by atoms with Crippen LogP contribution in [0.2, 0.25) is 0 Å². The topological polar surface area (TPSA) is 59.3 Å². The Morgan fingerprint density at radius 3 is 2.45 bits per heavy atom. The number of anilines is 1. The quantitative estimate of drug-likeness (QED) is 0.750. The summed E-state index contributed by atoms with van der Waals surface area (Å²) in [6, 6.07) is 16.3. The molecule has 4 heteroatoms. The van der Waals surface area contributed by atoms with Crippen LogP contribution in [-0.2, 0) is 6.42 Å². The number of fused-ring (bicyclic) bond motifs is 1. The maximum Gasteiger partial charge on any atom is 0.208 e. The number of carbonyl (C=O) groups excluding carboxylic acids is 1. The number of para-hydroxylation sites is 1. The lowest BCUT2D eigenvalue weighted by molar-refractivity contribution is 0.0991. The number of hydrogen-bond donors (Lipinski definition) is 1. The molecule has 0 fully saturated rings. The Bertz CT molecular complexity index is 882. The highest BCUT2D eigenvalue weighted by Crippen LogP contribution is 2.20. The van der Waals surface area contributed by atoms with Crippen LogP contribution in [-0.4, -0.2) is 12.8 Å². The molecule has 3 rings (SSSR count). The number of carbonyl (C=O) groups is 1. The van der Waals surface area contributed by atoms with E-state index in [-0.39, 0.29) is 29.1 Å². The molecule has 0 spiro atoms. The maximum atomic E-state index is 12.6. The van der Waals surface area contributed by atoms with Gasteiger partial charge in [-0.3, -0.25) is 9.59 Å². The van der Waals surface area contributed by atoms with Gasteiger partial charge in [0, 0.05) is 13.5 Å². The van der Waals surface area contributed by atoms with Gasteiger partial charge in [0.05, 0.1) is 5.39 Å². The molecule has 0 unspecified atom stereocenters. The molecule has 3 aromatic rings. The Labute approximate surface area is 127 Å². The van der Waals surface area contributed by atoms with Crippen molar-refractivity contribution >= 4 is 22.6 Å². The summed E-state index contributed by atoms with van der Waals surface area (Å²) in [5.74, 6) is -0.0420. The third-order valence-corrected chi connectivity index (χ3v) is 3.51. The first kappa shape index (κ1) is 14.1. The molecule has 0 atom stereocenters. The predicted octanol–water partition coefficient (Wildman–Crippen LogP) is 3.26. The monoisotopic (exact) mass is 293 g/mol. The normalized spacial score (nSPS) is 10.6. The Hall–Kier alpha value is -2.88. The Morgan fingerprint density at radius 2 is 1.73 bits per heavy atom. The first-order valence-electron chi connectivity index (χ1n) is 7.01. The fraction of sp³-hybridized carbons (Fsp3) is 0.111. The van der Waals surface area contributed by atoms with Crippen LogP contribution in [0.4, 0.5) is 5.88 Å². The van der Waals surface area contributed by atoms with Crippen LogP contribution in [0.3, 0.4) is 0 Å². The van der Waals surface area contributed by atoms with Crippen LogP contribution in [0.25, 0.3) is 11.0 Å². The number of rotatable bonds is 4. The van der Waals surface area contributed by atoms with Crippen molar-refractivity contribution in [1.82, 2.24) is 0 Å². The van der Waals surface area contributed by atoms with Crippen LogP contribution in [0, 0.1) is 0 Å². The summed E-state index contributed by atoms with van der Waals surface area (Å²) in [4.78, 5) is 25.2. The molecule has 1 N–H and O–H groups in total. The van der Waals surface area contributed by atoms with Crippen molar-refractivity contribution in [2.45, 2.75) is 6.42 Å². The molecular weight excluding hydrogens is 278 g/mol. The van der Waals surface area contributed by atoms with E-state index in [0.29, 0.717) is 11.0 Å². The molecule has 22 heavy (non-hydrogen) atoms. The number of benzene rings is 2. The van der Waals surface area contributed by atoms with E-state index in [0.717, 1.165) is 5.56 Å². The molecule has 0 saturated carbocycles. The van der Waals surface area contributed by atoms with Gasteiger partial charge in [-0.05, 0) is 17.7 Å². The fourth-order valence-corrected chi connectivity index (χ4v) is 2.44. The van der Waals surface area contributed by atoms with Crippen molar-refractivity contribution in [2.75, 3.05) is 12.4 Å². The Morgan fingerprint density at radius 1 is 1.05 bits per heavy atom. The minimum Gasteiger partial charge on any atom is -0.440 e. The lowest BCUT2D eigenvalue weighted by atomic mass is 10.0. The van der Waals surface area contributed by atoms with Crippen molar-refractivity contribution < 1.29 is 9.21 Å². The molecule has 0 amide bonds. The van der Waals surface area contributed by atoms with Crippen LogP contribution < -0.4 is 10.7 Å². The van der Waals surface area contributed by atoms with Gasteiger partial charge < -0.3 is 9.73 Å². The third kappa shape index (κ3) is 2.51. The van der Waals surface area contributed by atoms with Crippen LogP contribution in [0.1, 0.15) is 15.9 Å². The maximum absolute atomic E-state index is 12.6. The second-order valence-corrected chi connectivity index (χ2v) is 4.97. The summed E-state index contributed by atoms with van der Waals surface area (Å²) in [6.07, 6.45) is 0.165. The minimum atomic E-state index is -0.299. The largest absolute Gasteiger partial charge is 0.440 e. The first-order chi connectivity index (χ1) is 10.7. The van der Waals surface area contributed by atoms with Gasteiger partial charge in [0.15, 0.2) is 5.78 Å². The van der Waals surface area contributed by atoms with Gasteiger partial charge in [0.1, 0.15) is 11.1 Å². The van der Waals surface area contributed by atoms with Gasteiger partial charge in [-0.1, -0.05) is 42.5 Å². The molecule has 0 bridgehead atoms. The number of nitrogens with one attached hydrogen (secondary N) is 1. The minimum absolute atomic E-state index is 0.0741. The van der Waals surface area contributed by atoms with Crippen molar-refractivity contribution in [3.05, 3.63) is 75.9 Å². The average molecular weight is 293 g/mol. The second kappa shape index (κ2) is 5.85. The second-order valence-electron chi connectivity index (χ2n) is 4.97. The van der Waals surface area contributed by atoms with E-state index in [1.165, 1.54) is 0 Å². The first-order valence-corrected chi connectivity index (χ1v) is 7.01. The SMILES string of the molecule is CNc1oc2ccccc2c(=O)c1C(=O)Cc1ccccc1. The Kier molecular flexibility index (Phi) is 3.74. The highest BCUT2D eigenvalue weighted by atomic mass is 16.3. The number of ketones is 1. The summed E-state index contributed by atoms with van der Waals surface area (Å²) in [6.45, 7) is 0. The molecule has 0 radical (unpaired) electrons. The number of Topliss-reactive ketones (excluding diaryl/α,β-unsaturated/α-hetero) is 1. The van der Waals surface area contributed by atoms with Gasteiger partial charge in [0.25, 0.3) is 0 Å². The molecule has 0 saturated heterocycles. The van der Waals surface area contributed by atoms with Gasteiger partial charge in [0.2, 0.25) is 11.3 Å². The summed E-state index contributed by atoms with van der Waals surface area (Å²) in [7, 11) is 1.63. The van der Waals surface area contributed by atoms with Crippen LogP contribution in [0.15, 0.2) is 63.8 Å². The van der Waals surface area contributed by atoms with Gasteiger partial charge >= 0.3 is 0 Å². The standard InChI is InChI=1S/C18H15NO3/c1-19-18-16(14(20)11-12-7-3-2-4-8-12)17(21)13-9-5-6-10-15(13)22-18/h2-10,19H,11H2,1H3. The molecular formula is C18H15NO3. The van der Waals surface area contributed by atoms with Crippen LogP contribution >= 0.6 is 0 Å². The zero-order chi connectivity index (χ0) is 15.5. The van der Waals surface area contributed by atoms with Gasteiger partial charge in [-0.2, -0.15) is 0 Å². The predicted molar refractivity (Wildman–Crippen MR) is 86.5 cm³/mol. The third-order valence-electron chi connectivity index (χ3n) is 3.51. The molecule has 4 nitrogen and oxygen atoms in total. The summed E-state index contributed by atoms with van der Waals surface area (Å²) in [5, 5.41) is 3.22. The summed E-state index contributed by atoms with van der Waals surface area (Å²) >= 11 is 0. The zero-order valence-corrected chi connectivity index (χ0v) is 12.1. The van der Waals surface area contributed by atoms with Crippen molar-refractivity contribution in [1.29, 1.82) is 0 Å². The van der Waals surface area contributed by atoms with E-state index in [1.54, 1.807) is 31.3 Å². The molecule has 0 aliphatic carbocycles. The summed E-state index contributed by atoms with van der Waals surface area (Å²) in [5.41, 5.74) is 1.10. The molecule has 2 aromatic carbocycles. The van der Waals surface area contributed by atoms with Gasteiger partial charge in [-0.25, -0.2) is 0 Å². The number of hydrogen-bond acceptors (Lipinski definition) is 4. The van der Waals surface area contributed by atoms with E-state index in [1.807, 2.05) is 30.3 Å². The summed E-state index contributed by atoms with van der Waals surface area (Å²) < 4.78 is 5.65. The van der Waals surface area contributed by atoms with E-state index < -0.39 is 0 Å². The molecule has 1 heterocycles. The lowest BCUT2D eigenvalue weighted by Gasteiger charge is -2.08. The molecule has 0 aliphatic rings. The molecule has 110 valence electrons. The van der Waals surface area contributed by atoms with Crippen molar-refractivity contribution in [2.24, 2.45) is 0 Å². The highest BCUT2D eigenvalue weighted by molar-refractivity contribution is 6.03. The lowest BCUT2D eigenvalue weighted by Crippen LogP contribution is -2.19. The van der Waals surface area contributed by atoms with E-state index in [9.17, 15) is 9.59 Å². The zero-order valence-electron chi connectivity index (χ0n) is 12.1. The molecule has 0 aliphatic heterocycles. The smallest absolute Gasteiger partial charge is 0.208 e. The van der Waals surface area contributed by atoms with E-state index >= 15 is 0 Å². The highest BCUT2D eigenvalue weighted by Gasteiger charge is 2.20. The fourth-order valence-electron chi connectivity index (χ4n) is 2.44. The Balaban J connectivity index is 2.11. The average Bonchev–Trinajstić information content (AvgIpc) is 2.55. The van der Waals surface area contributed by atoms with Gasteiger partial charge in [-0.15, -0.1) is 0 Å². The van der Waals surface area contributed by atoms with E-state index in [4.69, 9.17) is 4.42 Å². The van der Waals surface area contributed by atoms with Crippen molar-refractivity contribution in [3.8, 4) is 0 Å². The van der Waals surface area contributed by atoms with Crippen LogP contribution in [0.5, 0.6) is 0 Å².